The third-order valence-electron chi connectivity index (χ3n) is 1.68. The number of nitrogens with zero attached hydrogens (tertiary/aromatic N) is 1. The van der Waals surface area contributed by atoms with Gasteiger partial charge in [0.2, 0.25) is 0 Å². The third kappa shape index (κ3) is 4.07. The van der Waals surface area contributed by atoms with Crippen LogP contribution >= 0.6 is 0 Å². The predicted octanol–water partition coefficient (Wildman–Crippen LogP) is 3.96. The van der Waals surface area contributed by atoms with Gasteiger partial charge in [0, 0.05) is 18.7 Å². The molecule has 0 aliphatic carbocycles. The van der Waals surface area contributed by atoms with Crippen molar-refractivity contribution in [2.24, 2.45) is 0 Å². The first kappa shape index (κ1) is 12.2. The molecule has 0 atom stereocenters. The normalized spacial score (nSPS) is 10.3. The maximum absolute atomic E-state index is 4.35. The molecule has 0 spiro atoms. The lowest BCUT2D eigenvalue weighted by Crippen LogP contribution is -2.12. The van der Waals surface area contributed by atoms with Gasteiger partial charge in [-0.1, -0.05) is 40.7 Å². The molecule has 76 valence electrons. The van der Waals surface area contributed by atoms with Gasteiger partial charge >= 0.3 is 0 Å². The average Bonchev–Trinajstić information content (AvgIpc) is 2.07. The van der Waals surface area contributed by atoms with Crippen LogP contribution in [0, 0.1) is 6.92 Å². The maximum atomic E-state index is 4.35. The van der Waals surface area contributed by atoms with Crippen molar-refractivity contribution in [1.29, 1.82) is 0 Å². The fraction of sp³-hybridized carbons (Fsp3) is 0.583. The van der Waals surface area contributed by atoms with Crippen molar-refractivity contribution in [3.8, 4) is 0 Å². The first-order valence-corrected chi connectivity index (χ1v) is 4.93. The number of hydrogen-bond acceptors (Lipinski definition) is 1. The Kier molecular flexibility index (Phi) is 4.68. The van der Waals surface area contributed by atoms with Crippen LogP contribution in [0.1, 0.15) is 47.3 Å². The van der Waals surface area contributed by atoms with E-state index in [0.29, 0.717) is 0 Å². The molecule has 0 unspecified atom stereocenters. The van der Waals surface area contributed by atoms with Crippen LogP contribution in [0.25, 0.3) is 0 Å². The predicted molar refractivity (Wildman–Crippen MR) is 61.1 cm³/mol. The number of pyridine rings is 1. The number of rotatable bonds is 0. The maximum Gasteiger partial charge on any atom is 0.0457 e. The van der Waals surface area contributed by atoms with Gasteiger partial charge in [-0.15, -0.1) is 0 Å². The molecule has 1 nitrogen and oxygen atoms in total. The molecule has 1 heteroatoms. The van der Waals surface area contributed by atoms with E-state index in [-0.39, 0.29) is 6.84 Å². The molecule has 1 aromatic heterocycles. The van der Waals surface area contributed by atoms with Crippen LogP contribution in [-0.4, -0.2) is 4.98 Å². The summed E-state index contributed by atoms with van der Waals surface area (Å²) in [7, 11) is 0. The van der Waals surface area contributed by atoms with Crippen LogP contribution in [0.5, 0.6) is 0 Å². The van der Waals surface area contributed by atoms with Gasteiger partial charge in [-0.05, 0) is 18.6 Å². The van der Waals surface area contributed by atoms with Crippen molar-refractivity contribution in [3.05, 3.63) is 29.6 Å². The van der Waals surface area contributed by atoms with E-state index < -0.39 is 0 Å². The molecule has 0 saturated heterocycles. The Hall–Kier alpha value is -0.850. The summed E-state index contributed by atoms with van der Waals surface area (Å²) in [6.45, 7) is 12.6. The van der Waals surface area contributed by atoms with Gasteiger partial charge in [0.05, 0.1) is 0 Å². The van der Waals surface area contributed by atoms with E-state index in [2.05, 4.69) is 44.8 Å². The molecule has 0 fully saturated rings. The van der Waals surface area contributed by atoms with Gasteiger partial charge in [-0.25, -0.2) is 0 Å². The molecule has 0 bridgehead atoms. The summed E-state index contributed by atoms with van der Waals surface area (Å²) in [6.07, 6.45) is 1.92. The molecule has 1 heterocycles. The summed E-state index contributed by atoms with van der Waals surface area (Å²) in [5.41, 5.74) is 2.55. The Morgan fingerprint density at radius 2 is 1.69 bits per heavy atom. The Balaban J connectivity index is 0. The summed E-state index contributed by atoms with van der Waals surface area (Å²) in [4.78, 5) is 4.35. The van der Waals surface area contributed by atoms with E-state index in [1.807, 2.05) is 20.0 Å². The highest BCUT2D eigenvalue weighted by Gasteiger charge is 2.13. The molecule has 13 heavy (non-hydrogen) atoms. The second-order valence-electron chi connectivity index (χ2n) is 3.97. The SMILES string of the molecule is CC.Cc1ccc(C(C)(C)C)nc1.[HH]. The van der Waals surface area contributed by atoms with Gasteiger partial charge in [0.25, 0.3) is 0 Å². The molecular formula is C12H23N. The van der Waals surface area contributed by atoms with Crippen LogP contribution in [0.15, 0.2) is 18.3 Å². The van der Waals surface area contributed by atoms with Crippen molar-refractivity contribution < 1.29 is 1.43 Å². The average molecular weight is 181 g/mol. The molecule has 0 amide bonds. The Morgan fingerprint density at radius 1 is 1.15 bits per heavy atom. The van der Waals surface area contributed by atoms with Crippen LogP contribution in [-0.2, 0) is 5.41 Å². The molecular weight excluding hydrogens is 158 g/mol. The lowest BCUT2D eigenvalue weighted by Gasteiger charge is -2.16. The van der Waals surface area contributed by atoms with Crippen molar-refractivity contribution >= 4 is 0 Å². The van der Waals surface area contributed by atoms with Gasteiger partial charge in [-0.3, -0.25) is 4.98 Å². The molecule has 0 radical (unpaired) electrons. The largest absolute Gasteiger partial charge is 0.260 e. The monoisotopic (exact) mass is 181 g/mol. The van der Waals surface area contributed by atoms with E-state index in [1.54, 1.807) is 0 Å². The van der Waals surface area contributed by atoms with Gasteiger partial charge in [0.1, 0.15) is 0 Å². The summed E-state index contributed by atoms with van der Waals surface area (Å²) >= 11 is 0. The molecule has 1 rings (SSSR count). The quantitative estimate of drug-likeness (QED) is 0.590. The smallest absolute Gasteiger partial charge is 0.0457 e. The first-order chi connectivity index (χ1) is 6.00. The number of aryl methyl sites for hydroxylation is 1. The van der Waals surface area contributed by atoms with E-state index in [1.165, 1.54) is 5.56 Å². The highest BCUT2D eigenvalue weighted by atomic mass is 14.7. The van der Waals surface area contributed by atoms with Crippen LogP contribution < -0.4 is 0 Å². The lowest BCUT2D eigenvalue weighted by molar-refractivity contribution is 0.568. The molecule has 0 N–H and O–H groups in total. The molecule has 0 saturated carbocycles. The number of hydrogen-bond donors (Lipinski definition) is 0. The van der Waals surface area contributed by atoms with Gasteiger partial charge in [0.15, 0.2) is 0 Å². The Bertz CT molecular complexity index is 233. The highest BCUT2D eigenvalue weighted by molar-refractivity contribution is 5.17. The first-order valence-electron chi connectivity index (χ1n) is 4.93. The molecule has 0 aromatic carbocycles. The minimum Gasteiger partial charge on any atom is -0.260 e. The zero-order chi connectivity index (χ0) is 10.5. The topological polar surface area (TPSA) is 12.9 Å². The van der Waals surface area contributed by atoms with E-state index in [9.17, 15) is 0 Å². The summed E-state index contributed by atoms with van der Waals surface area (Å²) < 4.78 is 0. The van der Waals surface area contributed by atoms with Crippen molar-refractivity contribution in [1.82, 2.24) is 4.98 Å². The Morgan fingerprint density at radius 3 is 2.00 bits per heavy atom. The zero-order valence-corrected chi connectivity index (χ0v) is 9.68. The number of aromatic nitrogens is 1. The van der Waals surface area contributed by atoms with Crippen molar-refractivity contribution in [3.63, 3.8) is 0 Å². The zero-order valence-electron chi connectivity index (χ0n) is 9.68. The Labute approximate surface area is 83.7 Å². The second-order valence-corrected chi connectivity index (χ2v) is 3.97. The molecule has 1 aromatic rings. The van der Waals surface area contributed by atoms with Crippen LogP contribution in [0.4, 0.5) is 0 Å². The lowest BCUT2D eigenvalue weighted by atomic mass is 9.91. The minimum absolute atomic E-state index is 0. The van der Waals surface area contributed by atoms with Gasteiger partial charge < -0.3 is 0 Å². The molecule has 0 aliphatic rings. The summed E-state index contributed by atoms with van der Waals surface area (Å²) in [6, 6.07) is 4.20. The fourth-order valence-corrected chi connectivity index (χ4v) is 0.911. The summed E-state index contributed by atoms with van der Waals surface area (Å²) in [5.74, 6) is 0. The van der Waals surface area contributed by atoms with Crippen LogP contribution in [0.2, 0.25) is 0 Å². The third-order valence-corrected chi connectivity index (χ3v) is 1.68. The fourth-order valence-electron chi connectivity index (χ4n) is 0.911. The van der Waals surface area contributed by atoms with E-state index in [4.69, 9.17) is 0 Å². The van der Waals surface area contributed by atoms with E-state index in [0.717, 1.165) is 5.69 Å². The van der Waals surface area contributed by atoms with Crippen molar-refractivity contribution in [2.75, 3.05) is 0 Å². The van der Waals surface area contributed by atoms with E-state index >= 15 is 0 Å². The van der Waals surface area contributed by atoms with Crippen molar-refractivity contribution in [2.45, 2.75) is 47.0 Å². The second kappa shape index (κ2) is 5.00. The van der Waals surface area contributed by atoms with Gasteiger partial charge in [-0.2, -0.15) is 0 Å². The summed E-state index contributed by atoms with van der Waals surface area (Å²) in [5, 5.41) is 0. The standard InChI is InChI=1S/C10H15N.C2H6.H2/c1-8-5-6-9(11-7-8)10(2,3)4;1-2;/h5-7H,1-4H3;1-2H3;1H. The van der Waals surface area contributed by atoms with Crippen LogP contribution in [0.3, 0.4) is 0 Å². The highest BCUT2D eigenvalue weighted by Crippen LogP contribution is 2.19. The molecule has 0 aliphatic heterocycles. The minimum atomic E-state index is 0.